The predicted octanol–water partition coefficient (Wildman–Crippen LogP) is 2.65. The maximum Gasteiger partial charge on any atom is 0.326 e. The second-order valence-electron chi connectivity index (χ2n) is 4.98. The van der Waals surface area contributed by atoms with Crippen molar-refractivity contribution in [2.75, 3.05) is 11.9 Å². The van der Waals surface area contributed by atoms with Gasteiger partial charge >= 0.3 is 12.0 Å². The molecule has 1 aliphatic rings. The lowest BCUT2D eigenvalue weighted by atomic mass is 10.0. The fraction of sp³-hybridized carbons (Fsp3) is 0.357. The first kappa shape index (κ1) is 15.3. The molecule has 2 N–H and O–H groups in total. The normalized spacial score (nSPS) is 20.9. The molecule has 2 unspecified atom stereocenters. The van der Waals surface area contributed by atoms with E-state index in [1.54, 1.807) is 18.2 Å². The zero-order valence-corrected chi connectivity index (χ0v) is 12.9. The van der Waals surface area contributed by atoms with Crippen molar-refractivity contribution >= 4 is 33.6 Å². The van der Waals surface area contributed by atoms with Crippen LogP contribution in [0.1, 0.15) is 18.9 Å². The van der Waals surface area contributed by atoms with Gasteiger partial charge in [0.05, 0.1) is 17.3 Å². The van der Waals surface area contributed by atoms with Crippen LogP contribution in [-0.2, 0) is 4.79 Å². The Morgan fingerprint density at radius 3 is 2.81 bits per heavy atom. The Hall–Kier alpha value is -2.07. The molecule has 0 aromatic heterocycles. The van der Waals surface area contributed by atoms with Gasteiger partial charge in [-0.25, -0.2) is 9.59 Å². The SMILES string of the molecule is CC1CCN(C(=O)Nc2ccc(C#N)cc2Br)C1C(=O)O. The molecule has 1 aliphatic heterocycles. The first-order valence-corrected chi connectivity index (χ1v) is 7.23. The molecular weight excluding hydrogens is 338 g/mol. The molecule has 0 saturated carbocycles. The van der Waals surface area contributed by atoms with Crippen LogP contribution in [0, 0.1) is 17.2 Å². The highest BCUT2D eigenvalue weighted by atomic mass is 79.9. The quantitative estimate of drug-likeness (QED) is 0.856. The molecule has 7 heteroatoms. The second kappa shape index (κ2) is 6.14. The van der Waals surface area contributed by atoms with Gasteiger partial charge in [0.1, 0.15) is 6.04 Å². The fourth-order valence-electron chi connectivity index (χ4n) is 2.42. The van der Waals surface area contributed by atoms with E-state index >= 15 is 0 Å². The number of carbonyl (C=O) groups excluding carboxylic acids is 1. The summed E-state index contributed by atoms with van der Waals surface area (Å²) in [6.45, 7) is 2.24. The summed E-state index contributed by atoms with van der Waals surface area (Å²) in [5.74, 6) is -1.06. The number of nitrogens with zero attached hydrogens (tertiary/aromatic N) is 2. The Bertz CT molecular complexity index is 626. The van der Waals surface area contributed by atoms with Gasteiger partial charge in [-0.1, -0.05) is 6.92 Å². The zero-order valence-electron chi connectivity index (χ0n) is 11.3. The van der Waals surface area contributed by atoms with Crippen molar-refractivity contribution in [1.29, 1.82) is 5.26 Å². The number of nitrogens with one attached hydrogen (secondary N) is 1. The highest BCUT2D eigenvalue weighted by Crippen LogP contribution is 2.27. The van der Waals surface area contributed by atoms with Crippen LogP contribution >= 0.6 is 15.9 Å². The molecule has 6 nitrogen and oxygen atoms in total. The minimum atomic E-state index is -0.992. The molecule has 110 valence electrons. The molecule has 1 aromatic carbocycles. The van der Waals surface area contributed by atoms with Gasteiger partial charge in [0.2, 0.25) is 0 Å². The average Bonchev–Trinajstić information content (AvgIpc) is 2.83. The van der Waals surface area contributed by atoms with Gasteiger partial charge in [-0.2, -0.15) is 5.26 Å². The Labute approximate surface area is 130 Å². The smallest absolute Gasteiger partial charge is 0.326 e. The molecule has 2 amide bonds. The number of benzene rings is 1. The fourth-order valence-corrected chi connectivity index (χ4v) is 2.90. The van der Waals surface area contributed by atoms with Gasteiger partial charge in [-0.05, 0) is 46.5 Å². The van der Waals surface area contributed by atoms with Crippen LogP contribution in [-0.4, -0.2) is 34.6 Å². The van der Waals surface area contributed by atoms with E-state index in [1.807, 2.05) is 13.0 Å². The van der Waals surface area contributed by atoms with Crippen molar-refractivity contribution in [2.24, 2.45) is 5.92 Å². The van der Waals surface area contributed by atoms with E-state index in [0.717, 1.165) is 0 Å². The van der Waals surface area contributed by atoms with Gasteiger partial charge < -0.3 is 15.3 Å². The Morgan fingerprint density at radius 2 is 2.24 bits per heavy atom. The summed E-state index contributed by atoms with van der Waals surface area (Å²) < 4.78 is 0.578. The number of likely N-dealkylation sites (tertiary alicyclic amines) is 1. The molecule has 1 aromatic rings. The van der Waals surface area contributed by atoms with E-state index in [4.69, 9.17) is 5.26 Å². The van der Waals surface area contributed by atoms with Gasteiger partial charge in [0.25, 0.3) is 0 Å². The minimum absolute atomic E-state index is 0.0716. The number of rotatable bonds is 2. The van der Waals surface area contributed by atoms with Crippen molar-refractivity contribution in [3.63, 3.8) is 0 Å². The number of urea groups is 1. The molecule has 2 rings (SSSR count). The van der Waals surface area contributed by atoms with E-state index in [9.17, 15) is 14.7 Å². The third kappa shape index (κ3) is 3.16. The maximum atomic E-state index is 12.2. The van der Waals surface area contributed by atoms with Gasteiger partial charge in [0, 0.05) is 11.0 Å². The van der Waals surface area contributed by atoms with Crippen molar-refractivity contribution in [3.8, 4) is 6.07 Å². The summed E-state index contributed by atoms with van der Waals surface area (Å²) in [6, 6.07) is 5.54. The second-order valence-corrected chi connectivity index (χ2v) is 5.83. The lowest BCUT2D eigenvalue weighted by Gasteiger charge is -2.24. The minimum Gasteiger partial charge on any atom is -0.480 e. The number of halogens is 1. The Morgan fingerprint density at radius 1 is 1.52 bits per heavy atom. The lowest BCUT2D eigenvalue weighted by molar-refractivity contribution is -0.142. The molecular formula is C14H14BrN3O3. The van der Waals surface area contributed by atoms with Crippen LogP contribution in [0.5, 0.6) is 0 Å². The number of hydrogen-bond acceptors (Lipinski definition) is 3. The van der Waals surface area contributed by atoms with Crippen LogP contribution in [0.3, 0.4) is 0 Å². The summed E-state index contributed by atoms with van der Waals surface area (Å²) in [5, 5.41) is 20.7. The van der Waals surface area contributed by atoms with Gasteiger partial charge in [-0.15, -0.1) is 0 Å². The van der Waals surface area contributed by atoms with Crippen LogP contribution in [0.4, 0.5) is 10.5 Å². The summed E-state index contributed by atoms with van der Waals surface area (Å²) in [5.41, 5.74) is 0.973. The first-order valence-electron chi connectivity index (χ1n) is 6.44. The van der Waals surface area contributed by atoms with E-state index in [2.05, 4.69) is 21.2 Å². The number of aliphatic carboxylic acids is 1. The molecule has 0 aliphatic carbocycles. The van der Waals surface area contributed by atoms with Crippen molar-refractivity contribution in [3.05, 3.63) is 28.2 Å². The van der Waals surface area contributed by atoms with Crippen molar-refractivity contribution in [1.82, 2.24) is 4.90 Å². The molecule has 0 bridgehead atoms. The van der Waals surface area contributed by atoms with Gasteiger partial charge in [0.15, 0.2) is 0 Å². The highest BCUT2D eigenvalue weighted by molar-refractivity contribution is 9.10. The summed E-state index contributed by atoms with van der Waals surface area (Å²) in [6.07, 6.45) is 0.666. The number of amides is 2. The molecule has 1 saturated heterocycles. The largest absolute Gasteiger partial charge is 0.480 e. The third-order valence-electron chi connectivity index (χ3n) is 3.55. The van der Waals surface area contributed by atoms with Crippen LogP contribution < -0.4 is 5.32 Å². The van der Waals surface area contributed by atoms with Crippen molar-refractivity contribution < 1.29 is 14.7 Å². The van der Waals surface area contributed by atoms with Crippen LogP contribution in [0.2, 0.25) is 0 Å². The molecule has 2 atom stereocenters. The van der Waals surface area contributed by atoms with E-state index in [-0.39, 0.29) is 5.92 Å². The van der Waals surface area contributed by atoms with Crippen LogP contribution in [0.15, 0.2) is 22.7 Å². The van der Waals surface area contributed by atoms with Crippen LogP contribution in [0.25, 0.3) is 0 Å². The summed E-state index contributed by atoms with van der Waals surface area (Å²) in [4.78, 5) is 24.8. The Kier molecular flexibility index (Phi) is 4.48. The molecule has 0 radical (unpaired) electrons. The highest BCUT2D eigenvalue weighted by Gasteiger charge is 2.39. The summed E-state index contributed by atoms with van der Waals surface area (Å²) >= 11 is 3.28. The number of carbonyl (C=O) groups is 2. The van der Waals surface area contributed by atoms with Crippen molar-refractivity contribution in [2.45, 2.75) is 19.4 Å². The molecule has 21 heavy (non-hydrogen) atoms. The van der Waals surface area contributed by atoms with Gasteiger partial charge in [-0.3, -0.25) is 0 Å². The number of carboxylic acid groups (broad SMARTS) is 1. The lowest BCUT2D eigenvalue weighted by Crippen LogP contribution is -2.44. The topological polar surface area (TPSA) is 93.4 Å². The predicted molar refractivity (Wildman–Crippen MR) is 79.8 cm³/mol. The third-order valence-corrected chi connectivity index (χ3v) is 4.21. The average molecular weight is 352 g/mol. The van der Waals surface area contributed by atoms with E-state index < -0.39 is 18.0 Å². The molecule has 0 spiro atoms. The zero-order chi connectivity index (χ0) is 15.6. The molecule has 1 heterocycles. The maximum absolute atomic E-state index is 12.2. The number of carboxylic acids is 1. The Balaban J connectivity index is 2.15. The number of nitriles is 1. The number of anilines is 1. The van der Waals surface area contributed by atoms with E-state index in [0.29, 0.717) is 28.7 Å². The first-order chi connectivity index (χ1) is 9.93. The monoisotopic (exact) mass is 351 g/mol. The molecule has 1 fully saturated rings. The number of hydrogen-bond donors (Lipinski definition) is 2. The standard InChI is InChI=1S/C14H14BrN3O3/c1-8-4-5-18(12(8)13(19)20)14(21)17-11-3-2-9(7-16)6-10(11)15/h2-3,6,8,12H,4-5H2,1H3,(H,17,21)(H,19,20). The summed E-state index contributed by atoms with van der Waals surface area (Å²) in [7, 11) is 0. The van der Waals surface area contributed by atoms with E-state index in [1.165, 1.54) is 4.90 Å².